The number of hydrogen-bond acceptors (Lipinski definition) is 4. The van der Waals surface area contributed by atoms with Crippen molar-refractivity contribution in [2.45, 2.75) is 19.3 Å². The summed E-state index contributed by atoms with van der Waals surface area (Å²) < 4.78 is 10.3. The molecule has 0 bridgehead atoms. The van der Waals surface area contributed by atoms with E-state index in [9.17, 15) is 9.82 Å². The number of carboxylic acid groups (broad SMARTS) is 1. The number of fused-ring (bicyclic) bond motifs is 1. The third-order valence-corrected chi connectivity index (χ3v) is 2.94. The van der Waals surface area contributed by atoms with Crippen molar-refractivity contribution in [2.24, 2.45) is 0 Å². The van der Waals surface area contributed by atoms with E-state index in [2.05, 4.69) is 0 Å². The molecule has 1 atom stereocenters. The lowest BCUT2D eigenvalue weighted by Gasteiger charge is -2.27. The summed E-state index contributed by atoms with van der Waals surface area (Å²) in [5, 5.41) is 18.8. The van der Waals surface area contributed by atoms with Crippen LogP contribution in [0.15, 0.2) is 12.1 Å². The Kier molecular flexibility index (Phi) is 3.08. The van der Waals surface area contributed by atoms with Gasteiger partial charge in [-0.15, -0.1) is 0 Å². The Balaban J connectivity index is 2.50. The first-order valence-corrected chi connectivity index (χ1v) is 5.28. The topological polar surface area (TPSA) is 76.0 Å². The second kappa shape index (κ2) is 4.39. The number of rotatable bonds is 2. The van der Waals surface area contributed by atoms with Gasteiger partial charge >= 0.3 is 13.1 Å². The molecule has 0 aliphatic carbocycles. The normalized spacial score (nSPS) is 18.5. The molecule has 6 heteroatoms. The van der Waals surface area contributed by atoms with E-state index in [1.807, 2.05) is 0 Å². The van der Waals surface area contributed by atoms with Gasteiger partial charge in [0.1, 0.15) is 17.3 Å². The first kappa shape index (κ1) is 11.9. The lowest BCUT2D eigenvalue weighted by atomic mass is 9.74. The molecule has 1 aromatic carbocycles. The van der Waals surface area contributed by atoms with Gasteiger partial charge in [0.05, 0.1) is 0 Å². The van der Waals surface area contributed by atoms with Crippen LogP contribution in [0.5, 0.6) is 5.75 Å². The van der Waals surface area contributed by atoms with Crippen molar-refractivity contribution in [3.8, 4) is 5.75 Å². The van der Waals surface area contributed by atoms with Crippen LogP contribution >= 0.6 is 0 Å². The molecule has 0 unspecified atom stereocenters. The fraction of sp³-hybridized carbons (Fsp3) is 0.364. The van der Waals surface area contributed by atoms with Crippen LogP contribution in [0.1, 0.15) is 21.5 Å². The summed E-state index contributed by atoms with van der Waals surface area (Å²) in [4.78, 5) is 11.2. The summed E-state index contributed by atoms with van der Waals surface area (Å²) in [5.74, 6) is -0.805. The van der Waals surface area contributed by atoms with Gasteiger partial charge in [-0.3, -0.25) is 0 Å². The Labute approximate surface area is 99.1 Å². The minimum Gasteiger partial charge on any atom is -0.534 e. The van der Waals surface area contributed by atoms with Crippen LogP contribution in [0.2, 0.25) is 0 Å². The van der Waals surface area contributed by atoms with Crippen molar-refractivity contribution in [1.29, 1.82) is 0 Å². The summed E-state index contributed by atoms with van der Waals surface area (Å²) in [7, 11) is 0.349. The lowest BCUT2D eigenvalue weighted by Crippen LogP contribution is -2.44. The monoisotopic (exact) mass is 236 g/mol. The zero-order chi connectivity index (χ0) is 12.6. The van der Waals surface area contributed by atoms with E-state index in [0.717, 1.165) is 5.56 Å². The van der Waals surface area contributed by atoms with Gasteiger partial charge in [0.25, 0.3) is 0 Å². The summed E-state index contributed by atoms with van der Waals surface area (Å²) in [6, 6.07) is 3.07. The average Bonchev–Trinajstić information content (AvgIpc) is 2.27. The van der Waals surface area contributed by atoms with Crippen LogP contribution in [0.25, 0.3) is 0 Å². The largest absolute Gasteiger partial charge is 0.554 e. The summed E-state index contributed by atoms with van der Waals surface area (Å²) in [5.41, 5.74) is 1.46. The van der Waals surface area contributed by atoms with Crippen molar-refractivity contribution < 1.29 is 24.3 Å². The summed E-state index contributed by atoms with van der Waals surface area (Å²) in [6.45, 7) is 1.70. The van der Waals surface area contributed by atoms with E-state index in [-0.39, 0.29) is 11.3 Å². The van der Waals surface area contributed by atoms with Gasteiger partial charge in [-0.25, -0.2) is 4.79 Å². The van der Waals surface area contributed by atoms with Crippen molar-refractivity contribution in [2.75, 3.05) is 7.11 Å². The highest BCUT2D eigenvalue weighted by Gasteiger charge is 2.37. The van der Waals surface area contributed by atoms with Crippen LogP contribution in [0.4, 0.5) is 0 Å². The number of ether oxygens (including phenoxy) is 1. The van der Waals surface area contributed by atoms with Gasteiger partial charge in [-0.05, 0) is 18.1 Å². The quantitative estimate of drug-likeness (QED) is 0.737. The molecule has 17 heavy (non-hydrogen) atoms. The molecule has 2 rings (SSSR count). The number of carbonyl (C=O) groups is 1. The Morgan fingerprint density at radius 3 is 2.88 bits per heavy atom. The molecule has 90 valence electrons. The van der Waals surface area contributed by atoms with Crippen LogP contribution in [0, 0.1) is 6.92 Å². The van der Waals surface area contributed by atoms with E-state index in [1.165, 1.54) is 7.11 Å². The van der Waals surface area contributed by atoms with E-state index in [0.29, 0.717) is 12.0 Å². The lowest BCUT2D eigenvalue weighted by molar-refractivity contribution is 0.0691. The molecular formula is C11H13BO5. The van der Waals surface area contributed by atoms with Crippen molar-refractivity contribution in [3.05, 3.63) is 28.8 Å². The fourth-order valence-corrected chi connectivity index (χ4v) is 2.00. The van der Waals surface area contributed by atoms with Gasteiger partial charge in [-0.1, -0.05) is 12.1 Å². The highest BCUT2D eigenvalue weighted by molar-refractivity contribution is 6.46. The minimum atomic E-state index is -1.13. The smallest absolute Gasteiger partial charge is 0.534 e. The van der Waals surface area contributed by atoms with E-state index >= 15 is 0 Å². The number of benzene rings is 1. The molecule has 1 heterocycles. The summed E-state index contributed by atoms with van der Waals surface area (Å²) in [6.07, 6.45) is 0.438. The SMILES string of the molecule is CO[C@H]1Cc2ccc(C)c(C(=O)O)c2OB1O. The summed E-state index contributed by atoms with van der Waals surface area (Å²) >= 11 is 0. The molecule has 0 radical (unpaired) electrons. The van der Waals surface area contributed by atoms with Gasteiger partial charge < -0.3 is 19.5 Å². The Bertz CT molecular complexity index is 459. The molecule has 0 amide bonds. The maximum atomic E-state index is 11.2. The molecule has 0 aromatic heterocycles. The molecule has 0 fully saturated rings. The Morgan fingerprint density at radius 2 is 2.29 bits per heavy atom. The maximum Gasteiger partial charge on any atom is 0.554 e. The van der Waals surface area contributed by atoms with Crippen molar-refractivity contribution in [3.63, 3.8) is 0 Å². The third kappa shape index (κ3) is 2.01. The third-order valence-electron chi connectivity index (χ3n) is 2.94. The molecule has 5 nitrogen and oxygen atoms in total. The average molecular weight is 236 g/mol. The molecule has 1 aliphatic heterocycles. The van der Waals surface area contributed by atoms with E-state index in [1.54, 1.807) is 19.1 Å². The standard InChI is InChI=1S/C11H13BO5/c1-6-3-4-7-5-8(16-2)12(15)17-10(7)9(6)11(13)14/h3-4,8,15H,5H2,1-2H3,(H,13,14)/t8-/m0/s1. The highest BCUT2D eigenvalue weighted by Crippen LogP contribution is 2.32. The van der Waals surface area contributed by atoms with E-state index in [4.69, 9.17) is 14.5 Å². The maximum absolute atomic E-state index is 11.2. The molecular weight excluding hydrogens is 223 g/mol. The first-order valence-electron chi connectivity index (χ1n) is 5.28. The molecule has 0 saturated heterocycles. The van der Waals surface area contributed by atoms with Gasteiger partial charge in [-0.2, -0.15) is 0 Å². The predicted octanol–water partition coefficient (Wildman–Crippen LogP) is 0.663. The van der Waals surface area contributed by atoms with Gasteiger partial charge in [0.15, 0.2) is 0 Å². The van der Waals surface area contributed by atoms with Gasteiger partial charge in [0, 0.05) is 13.5 Å². The van der Waals surface area contributed by atoms with Crippen molar-refractivity contribution >= 4 is 13.1 Å². The zero-order valence-corrected chi connectivity index (χ0v) is 9.64. The van der Waals surface area contributed by atoms with Crippen molar-refractivity contribution in [1.82, 2.24) is 0 Å². The Morgan fingerprint density at radius 1 is 1.59 bits per heavy atom. The van der Waals surface area contributed by atoms with Crippen LogP contribution in [-0.4, -0.2) is 36.3 Å². The molecule has 2 N–H and O–H groups in total. The fourth-order valence-electron chi connectivity index (χ4n) is 2.00. The second-order valence-electron chi connectivity index (χ2n) is 4.04. The molecule has 0 saturated carbocycles. The molecule has 1 aromatic rings. The van der Waals surface area contributed by atoms with E-state index < -0.39 is 19.1 Å². The number of methoxy groups -OCH3 is 1. The number of aromatic carboxylic acids is 1. The minimum absolute atomic E-state index is 0.108. The van der Waals surface area contributed by atoms with Crippen LogP contribution in [-0.2, 0) is 11.2 Å². The Hall–Kier alpha value is -1.53. The highest BCUT2D eigenvalue weighted by atomic mass is 16.6. The predicted molar refractivity (Wildman–Crippen MR) is 61.2 cm³/mol. The van der Waals surface area contributed by atoms with Crippen LogP contribution in [0.3, 0.4) is 0 Å². The second-order valence-corrected chi connectivity index (χ2v) is 4.04. The molecule has 0 spiro atoms. The molecule has 1 aliphatic rings. The number of carboxylic acids is 1. The van der Waals surface area contributed by atoms with Gasteiger partial charge in [0.2, 0.25) is 0 Å². The number of aryl methyl sites for hydroxylation is 1. The number of hydrogen-bond donors (Lipinski definition) is 2. The zero-order valence-electron chi connectivity index (χ0n) is 9.64. The van der Waals surface area contributed by atoms with Crippen LogP contribution < -0.4 is 4.65 Å². The first-order chi connectivity index (χ1) is 8.04.